The molecular weight excluding hydrogens is 483 g/mol. The fraction of sp³-hybridized carbons (Fsp3) is 0.136. The number of carbonyl (C=O) groups excluding carboxylic acids is 2. The van der Waals surface area contributed by atoms with Gasteiger partial charge in [0.2, 0.25) is 0 Å². The lowest BCUT2D eigenvalue weighted by molar-refractivity contribution is 0.0650. The van der Waals surface area contributed by atoms with Crippen LogP contribution in [0.1, 0.15) is 27.1 Å². The summed E-state index contributed by atoms with van der Waals surface area (Å²) in [6, 6.07) is 12.1. The number of carbonyl (C=O) groups is 2. The third kappa shape index (κ3) is 4.03. The number of nitrogens with two attached hydrogens (primary N) is 1. The molecule has 33 heavy (non-hydrogen) atoms. The standard InChI is InChI=1S/C22H16Cl2N6O2S/c23-12-8-13(24)10-14(9-12)33-22-28-17-18(25)26-11-27-19(17)29(22)6-3-7-30-20(31)15-4-1-2-5-16(15)21(30)32/h1-2,4-5,8-11H,3,6-7H2,(H2,25,26,27). The van der Waals surface area contributed by atoms with Gasteiger partial charge in [-0.25, -0.2) is 15.0 Å². The van der Waals surface area contributed by atoms with E-state index in [1.54, 1.807) is 42.5 Å². The molecule has 8 nitrogen and oxygen atoms in total. The second-order valence-corrected chi connectivity index (χ2v) is 9.26. The molecule has 0 saturated carbocycles. The van der Waals surface area contributed by atoms with Gasteiger partial charge < -0.3 is 10.3 Å². The average Bonchev–Trinajstić information content (AvgIpc) is 3.24. The van der Waals surface area contributed by atoms with Crippen molar-refractivity contribution in [1.82, 2.24) is 24.4 Å². The van der Waals surface area contributed by atoms with E-state index in [0.29, 0.717) is 50.5 Å². The second-order valence-electron chi connectivity index (χ2n) is 7.35. The molecule has 2 N–H and O–H groups in total. The molecule has 0 atom stereocenters. The highest BCUT2D eigenvalue weighted by Gasteiger charge is 2.34. The molecule has 1 aliphatic heterocycles. The summed E-state index contributed by atoms with van der Waals surface area (Å²) in [6.45, 7) is 0.719. The summed E-state index contributed by atoms with van der Waals surface area (Å²) in [6.07, 6.45) is 1.88. The number of imidazole rings is 1. The number of benzene rings is 2. The number of amides is 2. The van der Waals surface area contributed by atoms with E-state index in [1.165, 1.54) is 23.0 Å². The van der Waals surface area contributed by atoms with Crippen LogP contribution >= 0.6 is 35.0 Å². The lowest BCUT2D eigenvalue weighted by Crippen LogP contribution is -2.31. The molecule has 2 aromatic carbocycles. The first-order valence-corrected chi connectivity index (χ1v) is 11.6. The van der Waals surface area contributed by atoms with Gasteiger partial charge >= 0.3 is 0 Å². The molecular formula is C22H16Cl2N6O2S. The van der Waals surface area contributed by atoms with E-state index in [-0.39, 0.29) is 24.2 Å². The van der Waals surface area contributed by atoms with Gasteiger partial charge in [0.15, 0.2) is 22.1 Å². The largest absolute Gasteiger partial charge is 0.382 e. The summed E-state index contributed by atoms with van der Waals surface area (Å²) in [5, 5.41) is 1.65. The van der Waals surface area contributed by atoms with Crippen molar-refractivity contribution in [3.05, 3.63) is 70.0 Å². The summed E-state index contributed by atoms with van der Waals surface area (Å²) >= 11 is 13.7. The van der Waals surface area contributed by atoms with Gasteiger partial charge in [0.05, 0.1) is 11.1 Å². The molecule has 1 aliphatic rings. The lowest BCUT2D eigenvalue weighted by Gasteiger charge is -2.15. The number of aromatic nitrogens is 4. The Morgan fingerprint density at radius 1 is 0.939 bits per heavy atom. The Hall–Kier alpha value is -3.14. The van der Waals surface area contributed by atoms with Crippen molar-refractivity contribution in [2.75, 3.05) is 12.3 Å². The fourth-order valence-electron chi connectivity index (χ4n) is 3.74. The number of nitrogen functional groups attached to an aromatic ring is 1. The predicted octanol–water partition coefficient (Wildman–Crippen LogP) is 4.55. The second kappa shape index (κ2) is 8.66. The van der Waals surface area contributed by atoms with Crippen LogP contribution in [0.5, 0.6) is 0 Å². The van der Waals surface area contributed by atoms with Crippen LogP contribution in [-0.2, 0) is 6.54 Å². The van der Waals surface area contributed by atoms with E-state index < -0.39 is 0 Å². The van der Waals surface area contributed by atoms with Crippen molar-refractivity contribution >= 4 is 63.8 Å². The fourth-order valence-corrected chi connectivity index (χ4v) is 5.40. The molecule has 4 aromatic rings. The zero-order chi connectivity index (χ0) is 23.1. The lowest BCUT2D eigenvalue weighted by atomic mass is 10.1. The number of nitrogens with zero attached hydrogens (tertiary/aromatic N) is 5. The zero-order valence-electron chi connectivity index (χ0n) is 17.0. The first-order chi connectivity index (χ1) is 15.9. The van der Waals surface area contributed by atoms with Gasteiger partial charge in [-0.1, -0.05) is 47.1 Å². The number of imide groups is 1. The minimum absolute atomic E-state index is 0.264. The monoisotopic (exact) mass is 498 g/mol. The van der Waals surface area contributed by atoms with Crippen LogP contribution in [0.25, 0.3) is 11.2 Å². The van der Waals surface area contributed by atoms with Gasteiger partial charge in [-0.15, -0.1) is 0 Å². The Balaban J connectivity index is 1.41. The van der Waals surface area contributed by atoms with Crippen LogP contribution in [0.15, 0.2) is 58.8 Å². The average molecular weight is 499 g/mol. The van der Waals surface area contributed by atoms with Crippen LogP contribution in [0.4, 0.5) is 5.82 Å². The van der Waals surface area contributed by atoms with Crippen LogP contribution in [0.3, 0.4) is 0 Å². The maximum absolute atomic E-state index is 12.6. The molecule has 0 unspecified atom stereocenters. The summed E-state index contributed by atoms with van der Waals surface area (Å²) in [7, 11) is 0. The molecule has 0 bridgehead atoms. The van der Waals surface area contributed by atoms with E-state index in [4.69, 9.17) is 28.9 Å². The van der Waals surface area contributed by atoms with Gasteiger partial charge in [0.25, 0.3) is 11.8 Å². The first-order valence-electron chi connectivity index (χ1n) is 9.98. The van der Waals surface area contributed by atoms with E-state index in [1.807, 2.05) is 4.57 Å². The third-order valence-electron chi connectivity index (χ3n) is 5.21. The molecule has 11 heteroatoms. The summed E-state index contributed by atoms with van der Waals surface area (Å²) < 4.78 is 1.89. The molecule has 0 aliphatic carbocycles. The topological polar surface area (TPSA) is 107 Å². The minimum atomic E-state index is -0.277. The molecule has 0 saturated heterocycles. The maximum atomic E-state index is 12.6. The molecule has 0 spiro atoms. The van der Waals surface area contributed by atoms with Crippen molar-refractivity contribution in [1.29, 1.82) is 0 Å². The third-order valence-corrected chi connectivity index (χ3v) is 6.61. The van der Waals surface area contributed by atoms with Gasteiger partial charge in [0.1, 0.15) is 6.33 Å². The maximum Gasteiger partial charge on any atom is 0.261 e. The van der Waals surface area contributed by atoms with Crippen LogP contribution in [0.2, 0.25) is 10.0 Å². The van der Waals surface area contributed by atoms with Crippen molar-refractivity contribution in [3.8, 4) is 0 Å². The highest BCUT2D eigenvalue weighted by atomic mass is 35.5. The van der Waals surface area contributed by atoms with Crippen LogP contribution in [0, 0.1) is 0 Å². The van der Waals surface area contributed by atoms with E-state index in [9.17, 15) is 9.59 Å². The summed E-state index contributed by atoms with van der Waals surface area (Å²) in [5.41, 5.74) is 7.94. The Morgan fingerprint density at radius 3 is 2.27 bits per heavy atom. The number of hydrogen-bond donors (Lipinski definition) is 1. The SMILES string of the molecule is Nc1ncnc2c1nc(Sc1cc(Cl)cc(Cl)c1)n2CCCN1C(=O)c2ccccc2C1=O. The van der Waals surface area contributed by atoms with E-state index >= 15 is 0 Å². The van der Waals surface area contributed by atoms with Crippen molar-refractivity contribution < 1.29 is 9.59 Å². The normalized spacial score (nSPS) is 13.2. The van der Waals surface area contributed by atoms with Gasteiger partial charge in [-0.05, 0) is 36.8 Å². The predicted molar refractivity (Wildman–Crippen MR) is 127 cm³/mol. The minimum Gasteiger partial charge on any atom is -0.382 e. The Morgan fingerprint density at radius 2 is 1.61 bits per heavy atom. The quantitative estimate of drug-likeness (QED) is 0.388. The van der Waals surface area contributed by atoms with E-state index in [0.717, 1.165) is 4.90 Å². The highest BCUT2D eigenvalue weighted by molar-refractivity contribution is 7.99. The summed E-state index contributed by atoms with van der Waals surface area (Å²) in [5.74, 6) is -0.285. The van der Waals surface area contributed by atoms with Crippen molar-refractivity contribution in [2.24, 2.45) is 0 Å². The van der Waals surface area contributed by atoms with E-state index in [2.05, 4.69) is 15.0 Å². The summed E-state index contributed by atoms with van der Waals surface area (Å²) in [4.78, 5) is 40.4. The number of hydrogen-bond acceptors (Lipinski definition) is 7. The first kappa shape index (κ1) is 21.7. The number of halogens is 2. The molecule has 0 fully saturated rings. The highest BCUT2D eigenvalue weighted by Crippen LogP contribution is 2.34. The van der Waals surface area contributed by atoms with Crippen molar-refractivity contribution in [2.45, 2.75) is 23.0 Å². The van der Waals surface area contributed by atoms with Crippen LogP contribution < -0.4 is 5.73 Å². The van der Waals surface area contributed by atoms with Gasteiger partial charge in [0, 0.05) is 28.0 Å². The van der Waals surface area contributed by atoms with Crippen LogP contribution in [-0.4, -0.2) is 42.8 Å². The molecule has 0 radical (unpaired) electrons. The molecule has 2 amide bonds. The Labute approximate surface area is 202 Å². The molecule has 2 aromatic heterocycles. The number of aryl methyl sites for hydroxylation is 1. The molecule has 166 valence electrons. The number of rotatable bonds is 6. The Kier molecular flexibility index (Phi) is 5.69. The zero-order valence-corrected chi connectivity index (χ0v) is 19.4. The number of fused-ring (bicyclic) bond motifs is 2. The number of anilines is 1. The van der Waals surface area contributed by atoms with Gasteiger partial charge in [-0.3, -0.25) is 14.5 Å². The smallest absolute Gasteiger partial charge is 0.261 e. The Bertz CT molecular complexity index is 1370. The van der Waals surface area contributed by atoms with Gasteiger partial charge in [-0.2, -0.15) is 0 Å². The molecule has 3 heterocycles. The van der Waals surface area contributed by atoms with Crippen molar-refractivity contribution in [3.63, 3.8) is 0 Å². The molecule has 5 rings (SSSR count).